The molecule has 0 bridgehead atoms. The van der Waals surface area contributed by atoms with E-state index in [-0.39, 0.29) is 18.6 Å². The van der Waals surface area contributed by atoms with Crippen LogP contribution in [-0.2, 0) is 4.79 Å². The molecular weight excluding hydrogens is 348 g/mol. The molecule has 5 nitrogen and oxygen atoms in total. The van der Waals surface area contributed by atoms with Crippen LogP contribution in [0.1, 0.15) is 25.7 Å². The van der Waals surface area contributed by atoms with Gasteiger partial charge in [-0.1, -0.05) is 18.6 Å². The van der Waals surface area contributed by atoms with E-state index in [9.17, 15) is 4.79 Å². The van der Waals surface area contributed by atoms with Crippen LogP contribution in [-0.4, -0.2) is 73.2 Å². The molecule has 3 rings (SSSR count). The molecule has 1 aromatic rings. The van der Waals surface area contributed by atoms with Gasteiger partial charge in [0.1, 0.15) is 0 Å². The first-order valence-electron chi connectivity index (χ1n) is 9.63. The van der Waals surface area contributed by atoms with Crippen molar-refractivity contribution in [2.45, 2.75) is 31.7 Å². The highest BCUT2D eigenvalue weighted by Crippen LogP contribution is 2.26. The van der Waals surface area contributed by atoms with Crippen molar-refractivity contribution in [2.24, 2.45) is 0 Å². The number of carbonyl (C=O) groups is 1. The third-order valence-corrected chi connectivity index (χ3v) is 6.29. The van der Waals surface area contributed by atoms with Crippen molar-refractivity contribution in [3.05, 3.63) is 24.3 Å². The average molecular weight is 379 g/mol. The molecule has 0 spiro atoms. The molecule has 6 heteroatoms. The third-order valence-electron chi connectivity index (χ3n) is 5.10. The number of amides is 1. The van der Waals surface area contributed by atoms with Gasteiger partial charge in [-0.25, -0.2) is 0 Å². The molecule has 26 heavy (non-hydrogen) atoms. The van der Waals surface area contributed by atoms with E-state index in [0.29, 0.717) is 11.5 Å². The Kier molecular flexibility index (Phi) is 7.50. The fraction of sp³-hybridized carbons (Fsp3) is 0.650. The van der Waals surface area contributed by atoms with Gasteiger partial charge in [0, 0.05) is 18.8 Å². The van der Waals surface area contributed by atoms with Crippen LogP contribution in [0.2, 0.25) is 0 Å². The molecule has 1 atom stereocenters. The number of benzene rings is 1. The largest absolute Gasteiger partial charge is 0.493 e. The van der Waals surface area contributed by atoms with Crippen LogP contribution in [0.5, 0.6) is 11.5 Å². The van der Waals surface area contributed by atoms with Gasteiger partial charge >= 0.3 is 0 Å². The van der Waals surface area contributed by atoms with Crippen LogP contribution < -0.4 is 9.47 Å². The minimum atomic E-state index is 0.0710. The molecule has 1 amide bonds. The Morgan fingerprint density at radius 1 is 1.12 bits per heavy atom. The first-order valence-corrected chi connectivity index (χ1v) is 10.8. The summed E-state index contributed by atoms with van der Waals surface area (Å²) in [6.45, 7) is 4.23. The summed E-state index contributed by atoms with van der Waals surface area (Å²) in [4.78, 5) is 17.5. The predicted molar refractivity (Wildman–Crippen MR) is 106 cm³/mol. The number of hydrogen-bond acceptors (Lipinski definition) is 5. The van der Waals surface area contributed by atoms with Crippen molar-refractivity contribution < 1.29 is 14.3 Å². The molecule has 2 fully saturated rings. The number of rotatable bonds is 6. The van der Waals surface area contributed by atoms with E-state index < -0.39 is 0 Å². The molecule has 1 unspecified atom stereocenters. The third kappa shape index (κ3) is 5.30. The van der Waals surface area contributed by atoms with Crippen LogP contribution in [0.3, 0.4) is 0 Å². The Labute approximate surface area is 161 Å². The summed E-state index contributed by atoms with van der Waals surface area (Å²) in [6.07, 6.45) is 4.96. The average Bonchev–Trinajstić information content (AvgIpc) is 2.92. The number of piperidine rings is 1. The second-order valence-electron chi connectivity index (χ2n) is 6.97. The number of hydrogen-bond donors (Lipinski definition) is 0. The Bertz CT molecular complexity index is 578. The zero-order valence-electron chi connectivity index (χ0n) is 15.7. The number of para-hydroxylation sites is 2. The molecule has 0 aliphatic carbocycles. The maximum atomic E-state index is 12.9. The van der Waals surface area contributed by atoms with Crippen LogP contribution in [0.4, 0.5) is 0 Å². The number of likely N-dealkylation sites (tertiary alicyclic amines) is 1. The molecule has 0 saturated carbocycles. The Hall–Kier alpha value is -1.40. The molecule has 1 aromatic carbocycles. The first kappa shape index (κ1) is 19.4. The summed E-state index contributed by atoms with van der Waals surface area (Å²) in [7, 11) is 1.62. The van der Waals surface area contributed by atoms with Gasteiger partial charge in [0.2, 0.25) is 0 Å². The van der Waals surface area contributed by atoms with E-state index in [1.54, 1.807) is 7.11 Å². The molecule has 0 N–H and O–H groups in total. The number of ether oxygens (including phenoxy) is 2. The van der Waals surface area contributed by atoms with E-state index in [1.807, 2.05) is 36.0 Å². The van der Waals surface area contributed by atoms with Gasteiger partial charge in [-0.15, -0.1) is 0 Å². The Balaban J connectivity index is 1.60. The highest BCUT2D eigenvalue weighted by atomic mass is 32.2. The van der Waals surface area contributed by atoms with Crippen molar-refractivity contribution in [3.8, 4) is 11.5 Å². The second kappa shape index (κ2) is 10.1. The normalized spacial score (nSPS) is 21.9. The smallest absolute Gasteiger partial charge is 0.260 e. The first-order chi connectivity index (χ1) is 12.8. The van der Waals surface area contributed by atoms with E-state index in [4.69, 9.17) is 9.47 Å². The molecule has 144 valence electrons. The molecule has 2 heterocycles. The van der Waals surface area contributed by atoms with Crippen molar-refractivity contribution >= 4 is 17.7 Å². The number of thioether (sulfide) groups is 1. The van der Waals surface area contributed by atoms with E-state index in [1.165, 1.54) is 32.4 Å². The van der Waals surface area contributed by atoms with Gasteiger partial charge in [-0.3, -0.25) is 4.79 Å². The van der Waals surface area contributed by atoms with Crippen LogP contribution >= 0.6 is 11.8 Å². The number of nitrogens with zero attached hydrogens (tertiary/aromatic N) is 2. The molecule has 2 aliphatic heterocycles. The fourth-order valence-electron chi connectivity index (χ4n) is 3.71. The minimum Gasteiger partial charge on any atom is -0.493 e. The van der Waals surface area contributed by atoms with Crippen LogP contribution in [0.15, 0.2) is 24.3 Å². The van der Waals surface area contributed by atoms with E-state index in [2.05, 4.69) is 9.80 Å². The Morgan fingerprint density at radius 3 is 2.65 bits per heavy atom. The highest BCUT2D eigenvalue weighted by molar-refractivity contribution is 7.99. The lowest BCUT2D eigenvalue weighted by atomic mass is 10.1. The molecular formula is C20H30N2O3S. The summed E-state index contributed by atoms with van der Waals surface area (Å²) < 4.78 is 11.1. The number of methoxy groups -OCH3 is 1. The topological polar surface area (TPSA) is 42.0 Å². The lowest BCUT2D eigenvalue weighted by molar-refractivity contribution is -0.135. The summed E-state index contributed by atoms with van der Waals surface area (Å²) in [5.74, 6) is 3.53. The van der Waals surface area contributed by atoms with Gasteiger partial charge in [-0.05, 0) is 50.2 Å². The second-order valence-corrected chi connectivity index (χ2v) is 8.12. The minimum absolute atomic E-state index is 0.0710. The van der Waals surface area contributed by atoms with Gasteiger partial charge < -0.3 is 19.3 Å². The molecule has 2 saturated heterocycles. The summed E-state index contributed by atoms with van der Waals surface area (Å²) in [6, 6.07) is 7.77. The zero-order valence-corrected chi connectivity index (χ0v) is 16.5. The lowest BCUT2D eigenvalue weighted by Gasteiger charge is -2.35. The SMILES string of the molecule is COc1ccccc1OCC(=O)N1CCCSCC1CN1CCCCC1. The number of carbonyl (C=O) groups excluding carboxylic acids is 1. The molecule has 2 aliphatic rings. The van der Waals surface area contributed by atoms with Gasteiger partial charge in [-0.2, -0.15) is 11.8 Å². The van der Waals surface area contributed by atoms with Crippen molar-refractivity contribution in [1.29, 1.82) is 0 Å². The monoisotopic (exact) mass is 378 g/mol. The highest BCUT2D eigenvalue weighted by Gasteiger charge is 2.28. The zero-order chi connectivity index (χ0) is 18.2. The van der Waals surface area contributed by atoms with Gasteiger partial charge in [0.25, 0.3) is 5.91 Å². The summed E-state index contributed by atoms with van der Waals surface area (Å²) >= 11 is 1.97. The quantitative estimate of drug-likeness (QED) is 0.761. The molecule has 0 aromatic heterocycles. The predicted octanol–water partition coefficient (Wildman–Crippen LogP) is 2.89. The van der Waals surface area contributed by atoms with Crippen LogP contribution in [0.25, 0.3) is 0 Å². The van der Waals surface area contributed by atoms with E-state index >= 15 is 0 Å². The van der Waals surface area contributed by atoms with Crippen molar-refractivity contribution in [3.63, 3.8) is 0 Å². The Morgan fingerprint density at radius 2 is 1.88 bits per heavy atom. The van der Waals surface area contributed by atoms with Crippen molar-refractivity contribution in [1.82, 2.24) is 9.80 Å². The summed E-state index contributed by atoms with van der Waals surface area (Å²) in [5, 5.41) is 0. The van der Waals surface area contributed by atoms with Gasteiger partial charge in [0.05, 0.1) is 13.2 Å². The van der Waals surface area contributed by atoms with Crippen molar-refractivity contribution in [2.75, 3.05) is 51.4 Å². The fourth-order valence-corrected chi connectivity index (χ4v) is 4.77. The van der Waals surface area contributed by atoms with Gasteiger partial charge in [0.15, 0.2) is 18.1 Å². The summed E-state index contributed by atoms with van der Waals surface area (Å²) in [5.41, 5.74) is 0. The maximum absolute atomic E-state index is 12.9. The standard InChI is InChI=1S/C20H30N2O3S/c1-24-18-8-3-4-9-19(18)25-15-20(23)22-12-7-13-26-16-17(22)14-21-10-5-2-6-11-21/h3-4,8-9,17H,2,5-7,10-16H2,1H3. The van der Waals surface area contributed by atoms with E-state index in [0.717, 1.165) is 31.0 Å². The maximum Gasteiger partial charge on any atom is 0.260 e. The van der Waals surface area contributed by atoms with Crippen LogP contribution in [0, 0.1) is 0 Å². The lowest BCUT2D eigenvalue weighted by Crippen LogP contribution is -2.50. The molecule has 0 radical (unpaired) electrons.